The highest BCUT2D eigenvalue weighted by atomic mass is 32.1. The molecule has 2 heterocycles. The molecule has 2 rings (SSSR count). The SMILES string of the molecule is CC1(CNCCc2ccsc2)COC1. The van der Waals surface area contributed by atoms with Gasteiger partial charge in [0.2, 0.25) is 0 Å². The zero-order valence-corrected chi connectivity index (χ0v) is 9.40. The third-order valence-corrected chi connectivity index (χ3v) is 3.36. The molecule has 0 atom stereocenters. The molecule has 1 aromatic heterocycles. The molecular formula is C11H17NOS. The van der Waals surface area contributed by atoms with Crippen LogP contribution in [-0.4, -0.2) is 26.3 Å². The molecule has 1 N–H and O–H groups in total. The van der Waals surface area contributed by atoms with E-state index in [9.17, 15) is 0 Å². The Hall–Kier alpha value is -0.380. The summed E-state index contributed by atoms with van der Waals surface area (Å²) in [4.78, 5) is 0. The normalized spacial score (nSPS) is 19.2. The molecule has 0 unspecified atom stereocenters. The van der Waals surface area contributed by atoms with Crippen molar-refractivity contribution in [3.05, 3.63) is 22.4 Å². The van der Waals surface area contributed by atoms with Crippen LogP contribution in [0, 0.1) is 5.41 Å². The van der Waals surface area contributed by atoms with E-state index in [1.54, 1.807) is 11.3 Å². The predicted molar refractivity (Wildman–Crippen MR) is 59.8 cm³/mol. The molecule has 0 saturated carbocycles. The predicted octanol–water partition coefficient (Wildman–Crippen LogP) is 1.92. The van der Waals surface area contributed by atoms with E-state index in [2.05, 4.69) is 29.1 Å². The third kappa shape index (κ3) is 2.56. The second-order valence-electron chi connectivity index (χ2n) is 4.36. The van der Waals surface area contributed by atoms with E-state index in [4.69, 9.17) is 4.74 Å². The van der Waals surface area contributed by atoms with Gasteiger partial charge in [-0.15, -0.1) is 0 Å². The van der Waals surface area contributed by atoms with Crippen LogP contribution in [0.3, 0.4) is 0 Å². The fourth-order valence-electron chi connectivity index (χ4n) is 1.61. The van der Waals surface area contributed by atoms with Gasteiger partial charge in [-0.3, -0.25) is 0 Å². The molecule has 3 heteroatoms. The lowest BCUT2D eigenvalue weighted by atomic mass is 9.89. The average molecular weight is 211 g/mol. The van der Waals surface area contributed by atoms with Crippen LogP contribution in [0.2, 0.25) is 0 Å². The summed E-state index contributed by atoms with van der Waals surface area (Å²) in [7, 11) is 0. The van der Waals surface area contributed by atoms with Gasteiger partial charge in [0.1, 0.15) is 0 Å². The van der Waals surface area contributed by atoms with E-state index < -0.39 is 0 Å². The fourth-order valence-corrected chi connectivity index (χ4v) is 2.31. The summed E-state index contributed by atoms with van der Waals surface area (Å²) < 4.78 is 5.20. The summed E-state index contributed by atoms with van der Waals surface area (Å²) in [6.45, 7) is 6.26. The summed E-state index contributed by atoms with van der Waals surface area (Å²) in [5, 5.41) is 7.84. The van der Waals surface area contributed by atoms with Gasteiger partial charge in [-0.1, -0.05) is 6.92 Å². The Bertz CT molecular complexity index is 267. The van der Waals surface area contributed by atoms with Crippen molar-refractivity contribution >= 4 is 11.3 Å². The van der Waals surface area contributed by atoms with Crippen LogP contribution in [0.15, 0.2) is 16.8 Å². The van der Waals surface area contributed by atoms with Gasteiger partial charge in [-0.05, 0) is 35.4 Å². The van der Waals surface area contributed by atoms with Gasteiger partial charge in [0.05, 0.1) is 13.2 Å². The summed E-state index contributed by atoms with van der Waals surface area (Å²) in [6.07, 6.45) is 1.14. The standard InChI is InChI=1S/C11H17NOS/c1-11(8-13-9-11)7-12-4-2-10-3-5-14-6-10/h3,5-6,12H,2,4,7-9H2,1H3. The van der Waals surface area contributed by atoms with Crippen molar-refractivity contribution in [1.82, 2.24) is 5.32 Å². The highest BCUT2D eigenvalue weighted by Crippen LogP contribution is 2.24. The first-order chi connectivity index (χ1) is 6.79. The van der Waals surface area contributed by atoms with E-state index in [0.29, 0.717) is 5.41 Å². The zero-order valence-electron chi connectivity index (χ0n) is 8.58. The molecule has 0 amide bonds. The maximum Gasteiger partial charge on any atom is 0.0554 e. The molecule has 0 spiro atoms. The Labute approximate surface area is 89.3 Å². The first kappa shape index (κ1) is 10.1. The summed E-state index contributed by atoms with van der Waals surface area (Å²) >= 11 is 1.77. The topological polar surface area (TPSA) is 21.3 Å². The van der Waals surface area contributed by atoms with Crippen molar-refractivity contribution in [3.8, 4) is 0 Å². The molecule has 1 aliphatic heterocycles. The van der Waals surface area contributed by atoms with Crippen LogP contribution >= 0.6 is 11.3 Å². The summed E-state index contributed by atoms with van der Waals surface area (Å²) in [5.74, 6) is 0. The van der Waals surface area contributed by atoms with E-state index in [0.717, 1.165) is 32.7 Å². The van der Waals surface area contributed by atoms with Crippen LogP contribution in [0.4, 0.5) is 0 Å². The maximum atomic E-state index is 5.20. The van der Waals surface area contributed by atoms with Crippen LogP contribution in [0.1, 0.15) is 12.5 Å². The number of rotatable bonds is 5. The molecule has 0 aromatic carbocycles. The van der Waals surface area contributed by atoms with Crippen molar-refractivity contribution in [1.29, 1.82) is 0 Å². The second kappa shape index (κ2) is 4.43. The molecule has 1 aromatic rings. The highest BCUT2D eigenvalue weighted by molar-refractivity contribution is 7.07. The minimum Gasteiger partial charge on any atom is -0.380 e. The molecule has 1 fully saturated rings. The Balaban J connectivity index is 1.59. The van der Waals surface area contributed by atoms with E-state index in [-0.39, 0.29) is 0 Å². The van der Waals surface area contributed by atoms with Crippen molar-refractivity contribution in [2.45, 2.75) is 13.3 Å². The lowest BCUT2D eigenvalue weighted by Gasteiger charge is -2.38. The largest absolute Gasteiger partial charge is 0.380 e. The minimum absolute atomic E-state index is 0.397. The van der Waals surface area contributed by atoms with Gasteiger partial charge in [-0.2, -0.15) is 11.3 Å². The molecule has 14 heavy (non-hydrogen) atoms. The quantitative estimate of drug-likeness (QED) is 0.751. The van der Waals surface area contributed by atoms with Gasteiger partial charge >= 0.3 is 0 Å². The van der Waals surface area contributed by atoms with Crippen LogP contribution in [0.5, 0.6) is 0 Å². The average Bonchev–Trinajstić information content (AvgIpc) is 2.62. The molecular weight excluding hydrogens is 194 g/mol. The van der Waals surface area contributed by atoms with Gasteiger partial charge < -0.3 is 10.1 Å². The summed E-state index contributed by atoms with van der Waals surface area (Å²) in [5.41, 5.74) is 1.84. The first-order valence-electron chi connectivity index (χ1n) is 5.08. The lowest BCUT2D eigenvalue weighted by Crippen LogP contribution is -2.47. The number of nitrogens with one attached hydrogen (secondary N) is 1. The van der Waals surface area contributed by atoms with Crippen LogP contribution in [-0.2, 0) is 11.2 Å². The number of hydrogen-bond acceptors (Lipinski definition) is 3. The molecule has 2 nitrogen and oxygen atoms in total. The molecule has 0 aliphatic carbocycles. The maximum absolute atomic E-state index is 5.20. The minimum atomic E-state index is 0.397. The van der Waals surface area contributed by atoms with Gasteiger partial charge in [0.15, 0.2) is 0 Å². The van der Waals surface area contributed by atoms with Crippen molar-refractivity contribution in [2.24, 2.45) is 5.41 Å². The van der Waals surface area contributed by atoms with Gasteiger partial charge in [-0.25, -0.2) is 0 Å². The molecule has 0 radical (unpaired) electrons. The first-order valence-corrected chi connectivity index (χ1v) is 6.02. The number of hydrogen-bond donors (Lipinski definition) is 1. The van der Waals surface area contributed by atoms with Crippen LogP contribution in [0.25, 0.3) is 0 Å². The zero-order chi connectivity index (χ0) is 9.86. The summed E-state index contributed by atoms with van der Waals surface area (Å²) in [6, 6.07) is 2.19. The Morgan fingerprint density at radius 1 is 1.57 bits per heavy atom. The monoisotopic (exact) mass is 211 g/mol. The number of ether oxygens (including phenoxy) is 1. The Kier molecular flexibility index (Phi) is 3.21. The van der Waals surface area contributed by atoms with E-state index >= 15 is 0 Å². The number of thiophene rings is 1. The molecule has 1 aliphatic rings. The van der Waals surface area contributed by atoms with Crippen molar-refractivity contribution in [3.63, 3.8) is 0 Å². The molecule has 78 valence electrons. The van der Waals surface area contributed by atoms with E-state index in [1.807, 2.05) is 0 Å². The van der Waals surface area contributed by atoms with E-state index in [1.165, 1.54) is 5.56 Å². The molecule has 0 bridgehead atoms. The fraction of sp³-hybridized carbons (Fsp3) is 0.636. The Morgan fingerprint density at radius 2 is 2.43 bits per heavy atom. The highest BCUT2D eigenvalue weighted by Gasteiger charge is 2.32. The van der Waals surface area contributed by atoms with Crippen molar-refractivity contribution in [2.75, 3.05) is 26.3 Å². The smallest absolute Gasteiger partial charge is 0.0554 e. The molecule has 1 saturated heterocycles. The van der Waals surface area contributed by atoms with Gasteiger partial charge in [0, 0.05) is 12.0 Å². The van der Waals surface area contributed by atoms with Crippen molar-refractivity contribution < 1.29 is 4.74 Å². The second-order valence-corrected chi connectivity index (χ2v) is 5.14. The third-order valence-electron chi connectivity index (χ3n) is 2.62. The Morgan fingerprint density at radius 3 is 3.00 bits per heavy atom. The lowest BCUT2D eigenvalue weighted by molar-refractivity contribution is -0.0988. The van der Waals surface area contributed by atoms with Crippen LogP contribution < -0.4 is 5.32 Å². The van der Waals surface area contributed by atoms with Gasteiger partial charge in [0.25, 0.3) is 0 Å².